The van der Waals surface area contributed by atoms with E-state index in [9.17, 15) is 4.79 Å². The summed E-state index contributed by atoms with van der Waals surface area (Å²) >= 11 is 1.55. The molecule has 26 heavy (non-hydrogen) atoms. The third-order valence-corrected chi connectivity index (χ3v) is 5.64. The van der Waals surface area contributed by atoms with Gasteiger partial charge in [-0.3, -0.25) is 9.69 Å². The summed E-state index contributed by atoms with van der Waals surface area (Å²) in [5.41, 5.74) is 7.99. The van der Waals surface area contributed by atoms with Crippen LogP contribution in [-0.4, -0.2) is 53.5 Å². The molecule has 0 spiro atoms. The minimum absolute atomic E-state index is 0.0461. The van der Waals surface area contributed by atoms with Crippen LogP contribution in [0.4, 0.5) is 5.13 Å². The molecule has 0 bridgehead atoms. The number of piperazine rings is 1. The average Bonchev–Trinajstić information content (AvgIpc) is 2.97. The first-order valence-electron chi connectivity index (χ1n) is 8.98. The Kier molecular flexibility index (Phi) is 6.11. The van der Waals surface area contributed by atoms with E-state index in [1.54, 1.807) is 11.3 Å². The molecular formula is C19H26N4O2S. The SMILES string of the molecule is CCc1cccc(OCC(=O)N2CCN(Cc3sc(N)nc3C)CC2)c1. The summed E-state index contributed by atoms with van der Waals surface area (Å²) in [5.74, 6) is 0.805. The standard InChI is InChI=1S/C19H26N4O2S/c1-3-15-5-4-6-16(11-15)25-13-18(24)23-9-7-22(8-10-23)12-17-14(2)21-19(20)26-17/h4-6,11H,3,7-10,12-13H2,1-2H3,(H2,20,21). The summed E-state index contributed by atoms with van der Waals surface area (Å²) in [5, 5.41) is 0.621. The molecule has 6 nitrogen and oxygen atoms in total. The van der Waals surface area contributed by atoms with Crippen molar-refractivity contribution in [1.82, 2.24) is 14.8 Å². The maximum absolute atomic E-state index is 12.4. The van der Waals surface area contributed by atoms with Crippen LogP contribution in [0, 0.1) is 6.92 Å². The van der Waals surface area contributed by atoms with Crippen molar-refractivity contribution < 1.29 is 9.53 Å². The number of aryl methyl sites for hydroxylation is 2. The summed E-state index contributed by atoms with van der Waals surface area (Å²) in [6, 6.07) is 7.92. The fraction of sp³-hybridized carbons (Fsp3) is 0.474. The highest BCUT2D eigenvalue weighted by Crippen LogP contribution is 2.22. The van der Waals surface area contributed by atoms with Crippen LogP contribution in [0.3, 0.4) is 0 Å². The van der Waals surface area contributed by atoms with E-state index in [1.807, 2.05) is 30.0 Å². The highest BCUT2D eigenvalue weighted by Gasteiger charge is 2.22. The van der Waals surface area contributed by atoms with Crippen LogP contribution < -0.4 is 10.5 Å². The third-order valence-electron chi connectivity index (χ3n) is 4.67. The first-order valence-corrected chi connectivity index (χ1v) is 9.80. The lowest BCUT2D eigenvalue weighted by atomic mass is 10.2. The molecule has 140 valence electrons. The van der Waals surface area contributed by atoms with Gasteiger partial charge in [-0.25, -0.2) is 4.98 Å². The number of nitrogens with two attached hydrogens (primary N) is 1. The second-order valence-electron chi connectivity index (χ2n) is 6.51. The number of ether oxygens (including phenoxy) is 1. The second-order valence-corrected chi connectivity index (χ2v) is 7.62. The van der Waals surface area contributed by atoms with E-state index in [2.05, 4.69) is 22.9 Å². The van der Waals surface area contributed by atoms with Crippen LogP contribution in [0.25, 0.3) is 0 Å². The molecule has 0 unspecified atom stereocenters. The molecule has 0 atom stereocenters. The zero-order valence-corrected chi connectivity index (χ0v) is 16.2. The molecule has 1 aliphatic heterocycles. The van der Waals surface area contributed by atoms with Gasteiger partial charge in [0.1, 0.15) is 5.75 Å². The third kappa shape index (κ3) is 4.74. The Morgan fingerprint density at radius 2 is 2.08 bits per heavy atom. The minimum atomic E-state index is 0.0461. The smallest absolute Gasteiger partial charge is 0.260 e. The minimum Gasteiger partial charge on any atom is -0.484 e. The molecule has 1 saturated heterocycles. The Morgan fingerprint density at radius 1 is 1.31 bits per heavy atom. The molecule has 0 aliphatic carbocycles. The van der Waals surface area contributed by atoms with E-state index in [1.165, 1.54) is 10.4 Å². The lowest BCUT2D eigenvalue weighted by Crippen LogP contribution is -2.49. The van der Waals surface area contributed by atoms with E-state index in [0.29, 0.717) is 5.13 Å². The Balaban J connectivity index is 1.45. The summed E-state index contributed by atoms with van der Waals surface area (Å²) in [6.45, 7) is 8.21. The van der Waals surface area contributed by atoms with E-state index in [0.717, 1.165) is 50.6 Å². The van der Waals surface area contributed by atoms with Gasteiger partial charge in [-0.1, -0.05) is 19.1 Å². The molecule has 0 radical (unpaired) electrons. The molecule has 3 rings (SSSR count). The number of hydrogen-bond donors (Lipinski definition) is 1. The lowest BCUT2D eigenvalue weighted by molar-refractivity contribution is -0.135. The Labute approximate surface area is 158 Å². The van der Waals surface area contributed by atoms with E-state index in [4.69, 9.17) is 10.5 Å². The number of nitrogen functional groups attached to an aromatic ring is 1. The number of amides is 1. The number of hydrogen-bond acceptors (Lipinski definition) is 6. The fourth-order valence-corrected chi connectivity index (χ4v) is 3.92. The molecule has 1 aromatic carbocycles. The number of nitrogens with zero attached hydrogens (tertiary/aromatic N) is 3. The molecule has 0 saturated carbocycles. The molecule has 1 aromatic heterocycles. The first kappa shape index (κ1) is 18.7. The van der Waals surface area contributed by atoms with Gasteiger partial charge in [0.2, 0.25) is 0 Å². The van der Waals surface area contributed by atoms with Crippen molar-refractivity contribution in [2.45, 2.75) is 26.8 Å². The zero-order chi connectivity index (χ0) is 18.5. The van der Waals surface area contributed by atoms with Crippen molar-refractivity contribution in [3.63, 3.8) is 0 Å². The van der Waals surface area contributed by atoms with Crippen LogP contribution in [-0.2, 0) is 17.8 Å². The van der Waals surface area contributed by atoms with Gasteiger partial charge < -0.3 is 15.4 Å². The number of carbonyl (C=O) groups excluding carboxylic acids is 1. The Hall–Kier alpha value is -2.12. The van der Waals surface area contributed by atoms with Gasteiger partial charge >= 0.3 is 0 Å². The van der Waals surface area contributed by atoms with Gasteiger partial charge in [0, 0.05) is 37.6 Å². The van der Waals surface area contributed by atoms with Gasteiger partial charge in [-0.2, -0.15) is 0 Å². The van der Waals surface area contributed by atoms with Gasteiger partial charge in [-0.15, -0.1) is 11.3 Å². The van der Waals surface area contributed by atoms with Crippen molar-refractivity contribution in [2.24, 2.45) is 0 Å². The molecular weight excluding hydrogens is 348 g/mol. The van der Waals surface area contributed by atoms with Gasteiger partial charge in [0.05, 0.1) is 5.69 Å². The number of anilines is 1. The van der Waals surface area contributed by atoms with E-state index >= 15 is 0 Å². The highest BCUT2D eigenvalue weighted by molar-refractivity contribution is 7.15. The molecule has 7 heteroatoms. The van der Waals surface area contributed by atoms with Crippen LogP contribution >= 0.6 is 11.3 Å². The molecule has 1 fully saturated rings. The van der Waals surface area contributed by atoms with Crippen LogP contribution in [0.1, 0.15) is 23.1 Å². The summed E-state index contributed by atoms with van der Waals surface area (Å²) < 4.78 is 5.68. The zero-order valence-electron chi connectivity index (χ0n) is 15.4. The number of thiazole rings is 1. The second kappa shape index (κ2) is 8.51. The largest absolute Gasteiger partial charge is 0.484 e. The maximum atomic E-state index is 12.4. The Bertz CT molecular complexity index is 754. The Morgan fingerprint density at radius 3 is 2.73 bits per heavy atom. The quantitative estimate of drug-likeness (QED) is 0.840. The summed E-state index contributed by atoms with van der Waals surface area (Å²) in [6.07, 6.45) is 0.956. The van der Waals surface area contributed by atoms with Gasteiger partial charge in [-0.05, 0) is 31.0 Å². The lowest BCUT2D eigenvalue weighted by Gasteiger charge is -2.34. The first-order chi connectivity index (χ1) is 12.5. The molecule has 1 amide bonds. The van der Waals surface area contributed by atoms with Gasteiger partial charge in [0.25, 0.3) is 5.91 Å². The van der Waals surface area contributed by atoms with Crippen molar-refractivity contribution >= 4 is 22.4 Å². The van der Waals surface area contributed by atoms with Crippen LogP contribution in [0.15, 0.2) is 24.3 Å². The van der Waals surface area contributed by atoms with E-state index in [-0.39, 0.29) is 12.5 Å². The normalized spacial score (nSPS) is 15.2. The fourth-order valence-electron chi connectivity index (χ4n) is 3.05. The number of rotatable bonds is 6. The average molecular weight is 375 g/mol. The van der Waals surface area contributed by atoms with E-state index < -0.39 is 0 Å². The molecule has 2 heterocycles. The summed E-state index contributed by atoms with van der Waals surface area (Å²) in [7, 11) is 0. The maximum Gasteiger partial charge on any atom is 0.260 e. The monoisotopic (exact) mass is 374 g/mol. The van der Waals surface area contributed by atoms with Crippen molar-refractivity contribution in [1.29, 1.82) is 0 Å². The van der Waals surface area contributed by atoms with Crippen molar-refractivity contribution in [3.05, 3.63) is 40.4 Å². The number of benzene rings is 1. The number of carbonyl (C=O) groups is 1. The number of aromatic nitrogens is 1. The van der Waals surface area contributed by atoms with Crippen LogP contribution in [0.5, 0.6) is 5.75 Å². The molecule has 2 N–H and O–H groups in total. The molecule has 2 aromatic rings. The van der Waals surface area contributed by atoms with Crippen LogP contribution in [0.2, 0.25) is 0 Å². The van der Waals surface area contributed by atoms with Crippen molar-refractivity contribution in [3.8, 4) is 5.75 Å². The topological polar surface area (TPSA) is 71.7 Å². The van der Waals surface area contributed by atoms with Gasteiger partial charge in [0.15, 0.2) is 11.7 Å². The van der Waals surface area contributed by atoms with Crippen molar-refractivity contribution in [2.75, 3.05) is 38.5 Å². The molecule has 1 aliphatic rings. The predicted molar refractivity (Wildman–Crippen MR) is 104 cm³/mol. The predicted octanol–water partition coefficient (Wildman–Crippen LogP) is 2.32. The summed E-state index contributed by atoms with van der Waals surface area (Å²) in [4.78, 5) is 22.1. The highest BCUT2D eigenvalue weighted by atomic mass is 32.1.